The van der Waals surface area contributed by atoms with Crippen molar-refractivity contribution in [2.45, 2.75) is 13.5 Å². The average molecular weight is 330 g/mol. The Morgan fingerprint density at radius 1 is 1.05 bits per heavy atom. The third kappa shape index (κ3) is 3.29. The zero-order chi connectivity index (χ0) is 14.0. The lowest BCUT2D eigenvalue weighted by atomic mass is 10.1. The number of hydrogen-bond acceptors (Lipinski definition) is 1. The minimum atomic E-state index is -0.666. The van der Waals surface area contributed by atoms with Gasteiger partial charge >= 0.3 is 0 Å². The topological polar surface area (TPSA) is 12.0 Å². The molecule has 0 saturated carbocycles. The second-order valence-electron chi connectivity index (χ2n) is 4.17. The van der Waals surface area contributed by atoms with Crippen LogP contribution < -0.4 is 5.32 Å². The van der Waals surface area contributed by atoms with Crippen LogP contribution in [-0.4, -0.2) is 0 Å². The molecular weight excluding hydrogens is 319 g/mol. The number of anilines is 1. The Labute approximate surface area is 117 Å². The van der Waals surface area contributed by atoms with Crippen molar-refractivity contribution in [3.8, 4) is 0 Å². The number of benzene rings is 2. The van der Waals surface area contributed by atoms with Crippen LogP contribution in [0.15, 0.2) is 34.8 Å². The first-order valence-corrected chi connectivity index (χ1v) is 6.40. The molecule has 0 spiro atoms. The van der Waals surface area contributed by atoms with E-state index < -0.39 is 11.6 Å². The SMILES string of the molecule is Cc1cc(F)ccc1CNc1cc(Br)c(F)cc1F. The number of aryl methyl sites for hydroxylation is 1. The Hall–Kier alpha value is -1.49. The summed E-state index contributed by atoms with van der Waals surface area (Å²) in [7, 11) is 0. The molecule has 1 nitrogen and oxygen atoms in total. The van der Waals surface area contributed by atoms with Crippen molar-refractivity contribution in [2.24, 2.45) is 0 Å². The Kier molecular flexibility index (Phi) is 4.14. The predicted octanol–water partition coefficient (Wildman–Crippen LogP) is 4.79. The molecule has 0 bridgehead atoms. The molecule has 2 rings (SSSR count). The van der Waals surface area contributed by atoms with Crippen LogP contribution in [0, 0.1) is 24.4 Å². The third-order valence-electron chi connectivity index (χ3n) is 2.78. The average Bonchev–Trinajstić information content (AvgIpc) is 2.34. The lowest BCUT2D eigenvalue weighted by Crippen LogP contribution is -2.04. The molecule has 2 aromatic carbocycles. The molecule has 5 heteroatoms. The zero-order valence-corrected chi connectivity index (χ0v) is 11.7. The first kappa shape index (κ1) is 13.9. The van der Waals surface area contributed by atoms with Crippen molar-refractivity contribution in [1.82, 2.24) is 0 Å². The molecular formula is C14H11BrF3N. The highest BCUT2D eigenvalue weighted by Gasteiger charge is 2.08. The van der Waals surface area contributed by atoms with Gasteiger partial charge in [0.2, 0.25) is 0 Å². The molecule has 0 aromatic heterocycles. The van der Waals surface area contributed by atoms with Crippen LogP contribution in [0.2, 0.25) is 0 Å². The van der Waals surface area contributed by atoms with Gasteiger partial charge in [-0.2, -0.15) is 0 Å². The molecule has 1 N–H and O–H groups in total. The first-order valence-electron chi connectivity index (χ1n) is 5.61. The van der Waals surface area contributed by atoms with Crippen LogP contribution >= 0.6 is 15.9 Å². The molecule has 19 heavy (non-hydrogen) atoms. The van der Waals surface area contributed by atoms with E-state index in [0.29, 0.717) is 6.54 Å². The molecule has 0 aliphatic carbocycles. The first-order chi connectivity index (χ1) is 8.97. The summed E-state index contributed by atoms with van der Waals surface area (Å²) in [6, 6.07) is 6.54. The van der Waals surface area contributed by atoms with Crippen molar-refractivity contribution in [2.75, 3.05) is 5.32 Å². The van der Waals surface area contributed by atoms with E-state index in [-0.39, 0.29) is 16.0 Å². The molecule has 0 heterocycles. The number of halogens is 4. The van der Waals surface area contributed by atoms with E-state index in [0.717, 1.165) is 17.2 Å². The molecule has 0 unspecified atom stereocenters. The van der Waals surface area contributed by atoms with Gasteiger partial charge in [0.05, 0.1) is 10.2 Å². The van der Waals surface area contributed by atoms with E-state index >= 15 is 0 Å². The number of nitrogens with one attached hydrogen (secondary N) is 1. The molecule has 0 aliphatic rings. The lowest BCUT2D eigenvalue weighted by Gasteiger charge is -2.10. The van der Waals surface area contributed by atoms with E-state index in [1.165, 1.54) is 18.2 Å². The molecule has 0 atom stereocenters. The van der Waals surface area contributed by atoms with Gasteiger partial charge < -0.3 is 5.32 Å². The van der Waals surface area contributed by atoms with E-state index in [1.54, 1.807) is 13.0 Å². The molecule has 0 amide bonds. The predicted molar refractivity (Wildman–Crippen MR) is 72.5 cm³/mol. The van der Waals surface area contributed by atoms with Crippen LogP contribution in [0.25, 0.3) is 0 Å². The molecule has 0 saturated heterocycles. The third-order valence-corrected chi connectivity index (χ3v) is 3.39. The van der Waals surface area contributed by atoms with Crippen LogP contribution in [0.5, 0.6) is 0 Å². The quantitative estimate of drug-likeness (QED) is 0.798. The van der Waals surface area contributed by atoms with Crippen molar-refractivity contribution < 1.29 is 13.2 Å². The maximum absolute atomic E-state index is 13.5. The molecule has 0 aliphatic heterocycles. The Bertz CT molecular complexity index is 614. The van der Waals surface area contributed by atoms with Gasteiger partial charge in [-0.3, -0.25) is 0 Å². The van der Waals surface area contributed by atoms with E-state index in [9.17, 15) is 13.2 Å². The van der Waals surface area contributed by atoms with Gasteiger partial charge in [0.1, 0.15) is 17.5 Å². The Morgan fingerprint density at radius 2 is 1.79 bits per heavy atom. The monoisotopic (exact) mass is 329 g/mol. The van der Waals surface area contributed by atoms with E-state index in [1.807, 2.05) is 0 Å². The van der Waals surface area contributed by atoms with Crippen LogP contribution in [0.4, 0.5) is 18.9 Å². The highest BCUT2D eigenvalue weighted by atomic mass is 79.9. The van der Waals surface area contributed by atoms with Gasteiger partial charge in [0.25, 0.3) is 0 Å². The van der Waals surface area contributed by atoms with Crippen molar-refractivity contribution >= 4 is 21.6 Å². The summed E-state index contributed by atoms with van der Waals surface area (Å²) in [6.07, 6.45) is 0. The van der Waals surface area contributed by atoms with Crippen LogP contribution in [0.1, 0.15) is 11.1 Å². The summed E-state index contributed by atoms with van der Waals surface area (Å²) >= 11 is 3.00. The van der Waals surface area contributed by atoms with Gasteiger partial charge in [0.15, 0.2) is 0 Å². The summed E-state index contributed by atoms with van der Waals surface area (Å²) in [5, 5.41) is 2.86. The highest BCUT2D eigenvalue weighted by Crippen LogP contribution is 2.24. The van der Waals surface area contributed by atoms with E-state index in [4.69, 9.17) is 0 Å². The molecule has 2 aromatic rings. The Balaban J connectivity index is 2.16. The summed E-state index contributed by atoms with van der Waals surface area (Å²) in [4.78, 5) is 0. The maximum Gasteiger partial charge on any atom is 0.149 e. The van der Waals surface area contributed by atoms with Gasteiger partial charge in [-0.05, 0) is 52.2 Å². The highest BCUT2D eigenvalue weighted by molar-refractivity contribution is 9.10. The Morgan fingerprint density at radius 3 is 2.47 bits per heavy atom. The normalized spacial score (nSPS) is 10.6. The minimum absolute atomic E-state index is 0.187. The molecule has 0 radical (unpaired) electrons. The van der Waals surface area contributed by atoms with Crippen LogP contribution in [0.3, 0.4) is 0 Å². The van der Waals surface area contributed by atoms with Gasteiger partial charge in [-0.15, -0.1) is 0 Å². The van der Waals surface area contributed by atoms with Crippen molar-refractivity contribution in [1.29, 1.82) is 0 Å². The summed E-state index contributed by atoms with van der Waals surface area (Å²) in [5.41, 5.74) is 1.81. The molecule has 0 fully saturated rings. The lowest BCUT2D eigenvalue weighted by molar-refractivity contribution is 0.580. The van der Waals surface area contributed by atoms with E-state index in [2.05, 4.69) is 21.2 Å². The van der Waals surface area contributed by atoms with Crippen molar-refractivity contribution in [3.63, 3.8) is 0 Å². The number of rotatable bonds is 3. The minimum Gasteiger partial charge on any atom is -0.379 e. The zero-order valence-electron chi connectivity index (χ0n) is 10.1. The van der Waals surface area contributed by atoms with Gasteiger partial charge in [-0.25, -0.2) is 13.2 Å². The summed E-state index contributed by atoms with van der Waals surface area (Å²) in [5.74, 6) is -1.63. The second kappa shape index (κ2) is 5.65. The second-order valence-corrected chi connectivity index (χ2v) is 5.02. The fraction of sp³-hybridized carbons (Fsp3) is 0.143. The fourth-order valence-corrected chi connectivity index (χ4v) is 2.05. The summed E-state index contributed by atoms with van der Waals surface area (Å²) in [6.45, 7) is 2.11. The van der Waals surface area contributed by atoms with Crippen LogP contribution in [-0.2, 0) is 6.54 Å². The van der Waals surface area contributed by atoms with Crippen molar-refractivity contribution in [3.05, 3.63) is 63.4 Å². The summed E-state index contributed by atoms with van der Waals surface area (Å²) < 4.78 is 39.7. The number of hydrogen-bond donors (Lipinski definition) is 1. The maximum atomic E-state index is 13.5. The van der Waals surface area contributed by atoms with Gasteiger partial charge in [-0.1, -0.05) is 6.07 Å². The fourth-order valence-electron chi connectivity index (χ4n) is 1.71. The largest absolute Gasteiger partial charge is 0.379 e. The van der Waals surface area contributed by atoms with Gasteiger partial charge in [0, 0.05) is 12.6 Å². The molecule has 100 valence electrons. The standard InChI is InChI=1S/C14H11BrF3N/c1-8-4-10(16)3-2-9(8)7-19-14-5-11(15)12(17)6-13(14)18/h2-6,19H,7H2,1H3. The smallest absolute Gasteiger partial charge is 0.149 e.